The van der Waals surface area contributed by atoms with Gasteiger partial charge < -0.3 is 9.64 Å². The standard InChI is InChI=1S/C25H34FNO2/c1-4-19(15-26)16-29-21-7-5-20(6-8-21)24-9-12-25(13-10-24,14-11-24)22(28)27-17-23(2,3)18-27/h5-8,15H,4,9-14,16-18H2,1-3H3/b19-15+. The van der Waals surface area contributed by atoms with Crippen molar-refractivity contribution >= 4 is 5.91 Å². The fourth-order valence-electron chi connectivity index (χ4n) is 5.70. The summed E-state index contributed by atoms with van der Waals surface area (Å²) in [7, 11) is 0. The Morgan fingerprint density at radius 3 is 2.14 bits per heavy atom. The average molecular weight is 400 g/mol. The van der Waals surface area contributed by atoms with Crippen LogP contribution >= 0.6 is 0 Å². The summed E-state index contributed by atoms with van der Waals surface area (Å²) >= 11 is 0. The van der Waals surface area contributed by atoms with Crippen molar-refractivity contribution in [2.24, 2.45) is 10.8 Å². The summed E-state index contributed by atoms with van der Waals surface area (Å²) in [5, 5.41) is 0. The number of amides is 1. The van der Waals surface area contributed by atoms with Crippen LogP contribution in [0, 0.1) is 10.8 Å². The zero-order valence-corrected chi connectivity index (χ0v) is 18.1. The molecule has 0 atom stereocenters. The van der Waals surface area contributed by atoms with E-state index in [2.05, 4.69) is 30.9 Å². The van der Waals surface area contributed by atoms with Crippen LogP contribution in [0.1, 0.15) is 71.3 Å². The van der Waals surface area contributed by atoms with Crippen LogP contribution in [0.15, 0.2) is 36.2 Å². The van der Waals surface area contributed by atoms with E-state index in [1.54, 1.807) is 0 Å². The first-order chi connectivity index (χ1) is 13.8. The van der Waals surface area contributed by atoms with Crippen LogP contribution in [0.2, 0.25) is 0 Å². The maximum absolute atomic E-state index is 13.2. The molecule has 1 heterocycles. The maximum Gasteiger partial charge on any atom is 0.228 e. The molecule has 1 saturated heterocycles. The minimum Gasteiger partial charge on any atom is -0.489 e. The Balaban J connectivity index is 1.39. The van der Waals surface area contributed by atoms with Gasteiger partial charge in [-0.1, -0.05) is 32.9 Å². The number of hydrogen-bond acceptors (Lipinski definition) is 2. The SMILES string of the molecule is CC/C(=C\F)COc1ccc(C23CCC(C(=O)N4CC(C)(C)C4)(CC2)CC3)cc1. The molecule has 4 aliphatic rings. The van der Waals surface area contributed by atoms with Crippen LogP contribution in [0.25, 0.3) is 0 Å². The third-order valence-electron chi connectivity index (χ3n) is 7.72. The molecule has 4 fully saturated rings. The Kier molecular flexibility index (Phi) is 5.25. The number of hydrogen-bond donors (Lipinski definition) is 0. The lowest BCUT2D eigenvalue weighted by atomic mass is 9.51. The number of rotatable bonds is 6. The van der Waals surface area contributed by atoms with Gasteiger partial charge in [0.25, 0.3) is 0 Å². The molecular formula is C25H34FNO2. The zero-order valence-electron chi connectivity index (χ0n) is 18.1. The summed E-state index contributed by atoms with van der Waals surface area (Å²) in [5.74, 6) is 1.20. The minimum absolute atomic E-state index is 0.101. The molecule has 3 saturated carbocycles. The second kappa shape index (κ2) is 7.45. The Labute approximate surface area is 174 Å². The molecule has 5 rings (SSSR count). The summed E-state index contributed by atoms with van der Waals surface area (Å²) in [6.07, 6.45) is 7.65. The van der Waals surface area contributed by atoms with E-state index in [9.17, 15) is 9.18 Å². The van der Waals surface area contributed by atoms with Crippen LogP contribution in [-0.4, -0.2) is 30.5 Å². The largest absolute Gasteiger partial charge is 0.489 e. The van der Waals surface area contributed by atoms with Gasteiger partial charge in [-0.2, -0.15) is 0 Å². The average Bonchev–Trinajstić information content (AvgIpc) is 2.74. The number of halogens is 1. The molecule has 0 radical (unpaired) electrons. The van der Waals surface area contributed by atoms with E-state index >= 15 is 0 Å². The Bertz CT molecular complexity index is 763. The van der Waals surface area contributed by atoms with Crippen molar-refractivity contribution in [3.63, 3.8) is 0 Å². The van der Waals surface area contributed by atoms with E-state index in [0.717, 1.165) is 57.4 Å². The molecule has 1 aliphatic heterocycles. The number of carbonyl (C=O) groups is 1. The molecule has 1 amide bonds. The first-order valence-corrected chi connectivity index (χ1v) is 11.1. The summed E-state index contributed by atoms with van der Waals surface area (Å²) in [6, 6.07) is 8.38. The van der Waals surface area contributed by atoms with E-state index in [0.29, 0.717) is 36.3 Å². The van der Waals surface area contributed by atoms with Gasteiger partial charge in [0.2, 0.25) is 5.91 Å². The van der Waals surface area contributed by atoms with Gasteiger partial charge in [-0.15, -0.1) is 0 Å². The highest BCUT2D eigenvalue weighted by molar-refractivity contribution is 5.84. The van der Waals surface area contributed by atoms with Gasteiger partial charge in [0.05, 0.1) is 6.33 Å². The Hall–Kier alpha value is -1.84. The van der Waals surface area contributed by atoms with E-state index in [4.69, 9.17) is 4.74 Å². The number of ether oxygens (including phenoxy) is 1. The topological polar surface area (TPSA) is 29.5 Å². The third kappa shape index (κ3) is 3.71. The second-order valence-corrected chi connectivity index (χ2v) is 10.3. The van der Waals surface area contributed by atoms with Crippen molar-refractivity contribution in [3.8, 4) is 5.75 Å². The van der Waals surface area contributed by atoms with Crippen molar-refractivity contribution in [3.05, 3.63) is 41.7 Å². The van der Waals surface area contributed by atoms with Crippen molar-refractivity contribution in [1.82, 2.24) is 4.90 Å². The second-order valence-electron chi connectivity index (χ2n) is 10.3. The smallest absolute Gasteiger partial charge is 0.228 e. The molecule has 0 N–H and O–H groups in total. The highest BCUT2D eigenvalue weighted by Crippen LogP contribution is 2.59. The molecule has 3 nitrogen and oxygen atoms in total. The van der Waals surface area contributed by atoms with E-state index < -0.39 is 0 Å². The normalized spacial score (nSPS) is 30.8. The predicted molar refractivity (Wildman–Crippen MR) is 114 cm³/mol. The quantitative estimate of drug-likeness (QED) is 0.606. The van der Waals surface area contributed by atoms with Crippen LogP contribution in [0.3, 0.4) is 0 Å². The van der Waals surface area contributed by atoms with Crippen LogP contribution in [-0.2, 0) is 10.2 Å². The lowest BCUT2D eigenvalue weighted by Gasteiger charge is -2.56. The summed E-state index contributed by atoms with van der Waals surface area (Å²) in [5.41, 5.74) is 2.44. The van der Waals surface area contributed by atoms with E-state index in [1.165, 1.54) is 5.56 Å². The summed E-state index contributed by atoms with van der Waals surface area (Å²) in [4.78, 5) is 15.3. The molecule has 2 bridgehead atoms. The molecule has 3 aliphatic carbocycles. The van der Waals surface area contributed by atoms with Crippen LogP contribution in [0.4, 0.5) is 4.39 Å². The number of carbonyl (C=O) groups excluding carboxylic acids is 1. The molecule has 1 aromatic rings. The van der Waals surface area contributed by atoms with Crippen LogP contribution in [0.5, 0.6) is 5.75 Å². The number of benzene rings is 1. The number of likely N-dealkylation sites (tertiary alicyclic amines) is 1. The summed E-state index contributed by atoms with van der Waals surface area (Å²) < 4.78 is 18.4. The van der Waals surface area contributed by atoms with Crippen molar-refractivity contribution in [2.45, 2.75) is 71.1 Å². The highest BCUT2D eigenvalue weighted by Gasteiger charge is 2.55. The van der Waals surface area contributed by atoms with Gasteiger partial charge in [0.1, 0.15) is 12.4 Å². The fourth-order valence-corrected chi connectivity index (χ4v) is 5.70. The lowest BCUT2D eigenvalue weighted by molar-refractivity contribution is -0.160. The molecule has 1 aromatic carbocycles. The molecule has 29 heavy (non-hydrogen) atoms. The fraction of sp³-hybridized carbons (Fsp3) is 0.640. The van der Waals surface area contributed by atoms with Crippen molar-refractivity contribution < 1.29 is 13.9 Å². The van der Waals surface area contributed by atoms with Crippen LogP contribution < -0.4 is 4.74 Å². The predicted octanol–water partition coefficient (Wildman–Crippen LogP) is 5.79. The molecule has 4 heteroatoms. The number of nitrogens with zero attached hydrogens (tertiary/aromatic N) is 1. The van der Waals surface area contributed by atoms with Gasteiger partial charge in [-0.3, -0.25) is 4.79 Å². The first kappa shape index (κ1) is 20.4. The lowest BCUT2D eigenvalue weighted by Crippen LogP contribution is -2.61. The Morgan fingerprint density at radius 2 is 1.66 bits per heavy atom. The highest BCUT2D eigenvalue weighted by atomic mass is 19.1. The van der Waals surface area contributed by atoms with Gasteiger partial charge in [-0.05, 0) is 79.0 Å². The molecule has 0 aromatic heterocycles. The maximum atomic E-state index is 13.2. The number of fused-ring (bicyclic) bond motifs is 3. The van der Waals surface area contributed by atoms with Crippen molar-refractivity contribution in [2.75, 3.05) is 19.7 Å². The Morgan fingerprint density at radius 1 is 1.07 bits per heavy atom. The third-order valence-corrected chi connectivity index (χ3v) is 7.72. The molecule has 0 spiro atoms. The van der Waals surface area contributed by atoms with Gasteiger partial charge >= 0.3 is 0 Å². The van der Waals surface area contributed by atoms with E-state index in [1.807, 2.05) is 19.1 Å². The monoisotopic (exact) mass is 399 g/mol. The van der Waals surface area contributed by atoms with Gasteiger partial charge in [-0.25, -0.2) is 4.39 Å². The minimum atomic E-state index is -0.101. The summed E-state index contributed by atoms with van der Waals surface area (Å²) in [6.45, 7) is 8.54. The molecular weight excluding hydrogens is 365 g/mol. The first-order valence-electron chi connectivity index (χ1n) is 11.1. The molecule has 0 unspecified atom stereocenters. The van der Waals surface area contributed by atoms with Crippen molar-refractivity contribution in [1.29, 1.82) is 0 Å². The van der Waals surface area contributed by atoms with Gasteiger partial charge in [0.15, 0.2) is 0 Å². The van der Waals surface area contributed by atoms with E-state index in [-0.39, 0.29) is 10.8 Å². The molecule has 158 valence electrons. The zero-order chi connectivity index (χ0) is 20.7. The van der Waals surface area contributed by atoms with Gasteiger partial charge in [0, 0.05) is 18.5 Å².